The summed E-state index contributed by atoms with van der Waals surface area (Å²) in [5.41, 5.74) is 1.29. The number of carbonyl (C=O) groups is 1. The second-order valence-electron chi connectivity index (χ2n) is 6.42. The van der Waals surface area contributed by atoms with Crippen LogP contribution >= 0.6 is 0 Å². The maximum Gasteiger partial charge on any atom is 0.254 e. The Kier molecular flexibility index (Phi) is 5.38. The van der Waals surface area contributed by atoms with Gasteiger partial charge in [0.1, 0.15) is 0 Å². The Labute approximate surface area is 158 Å². The lowest BCUT2D eigenvalue weighted by Gasteiger charge is -2.26. The van der Waals surface area contributed by atoms with Crippen LogP contribution in [-0.4, -0.2) is 39.5 Å². The first-order chi connectivity index (χ1) is 12.8. The molecule has 0 aliphatic carbocycles. The molecule has 0 spiro atoms. The molecule has 0 saturated carbocycles. The van der Waals surface area contributed by atoms with Gasteiger partial charge in [-0.1, -0.05) is 12.1 Å². The second kappa shape index (κ2) is 7.58. The van der Waals surface area contributed by atoms with Crippen LogP contribution in [-0.2, 0) is 10.0 Å². The third-order valence-electron chi connectivity index (χ3n) is 4.59. The number of amides is 1. The van der Waals surface area contributed by atoms with E-state index in [1.54, 1.807) is 42.3 Å². The average molecular weight is 390 g/mol. The van der Waals surface area contributed by atoms with E-state index in [4.69, 9.17) is 14.6 Å². The van der Waals surface area contributed by atoms with Crippen molar-refractivity contribution in [1.29, 1.82) is 0 Å². The summed E-state index contributed by atoms with van der Waals surface area (Å²) in [4.78, 5) is 14.5. The summed E-state index contributed by atoms with van der Waals surface area (Å²) in [6.45, 7) is 3.01. The molecular weight excluding hydrogens is 368 g/mol. The molecule has 1 aliphatic rings. The summed E-state index contributed by atoms with van der Waals surface area (Å²) in [5.74, 6) is 1.03. The number of ether oxygens (including phenoxy) is 2. The summed E-state index contributed by atoms with van der Waals surface area (Å²) in [6.07, 6.45) is 0.795. The number of sulfonamides is 1. The molecule has 1 amide bonds. The largest absolute Gasteiger partial charge is 0.490 e. The molecule has 1 atom stereocenters. The van der Waals surface area contributed by atoms with Crippen molar-refractivity contribution in [2.24, 2.45) is 5.14 Å². The molecule has 0 radical (unpaired) electrons. The Morgan fingerprint density at radius 3 is 2.33 bits per heavy atom. The molecule has 0 saturated heterocycles. The number of benzene rings is 2. The molecule has 1 aliphatic heterocycles. The van der Waals surface area contributed by atoms with E-state index in [1.807, 2.05) is 6.92 Å². The van der Waals surface area contributed by atoms with Crippen LogP contribution in [0.2, 0.25) is 0 Å². The maximum absolute atomic E-state index is 12.9. The molecule has 0 unspecified atom stereocenters. The fourth-order valence-electron chi connectivity index (χ4n) is 2.84. The number of rotatable bonds is 4. The highest BCUT2D eigenvalue weighted by Crippen LogP contribution is 2.31. The lowest BCUT2D eigenvalue weighted by molar-refractivity contribution is 0.0742. The van der Waals surface area contributed by atoms with Gasteiger partial charge in [0.25, 0.3) is 5.91 Å². The third kappa shape index (κ3) is 4.23. The van der Waals surface area contributed by atoms with Gasteiger partial charge in [0.2, 0.25) is 10.0 Å². The number of hydrogen-bond acceptors (Lipinski definition) is 5. The van der Waals surface area contributed by atoms with Crippen molar-refractivity contribution in [2.45, 2.75) is 24.3 Å². The van der Waals surface area contributed by atoms with Crippen molar-refractivity contribution in [3.05, 3.63) is 53.6 Å². The predicted octanol–water partition coefficient (Wildman–Crippen LogP) is 2.33. The Morgan fingerprint density at radius 2 is 1.70 bits per heavy atom. The topological polar surface area (TPSA) is 98.9 Å². The molecule has 0 bridgehead atoms. The van der Waals surface area contributed by atoms with E-state index >= 15 is 0 Å². The van der Waals surface area contributed by atoms with Crippen LogP contribution in [0.15, 0.2) is 47.4 Å². The highest BCUT2D eigenvalue weighted by Gasteiger charge is 2.21. The van der Waals surface area contributed by atoms with E-state index in [0.717, 1.165) is 12.0 Å². The first kappa shape index (κ1) is 19.2. The minimum atomic E-state index is -3.74. The first-order valence-corrected chi connectivity index (χ1v) is 10.1. The summed E-state index contributed by atoms with van der Waals surface area (Å²) in [6, 6.07) is 11.1. The van der Waals surface area contributed by atoms with E-state index in [0.29, 0.717) is 30.3 Å². The number of carbonyl (C=O) groups excluding carboxylic acids is 1. The van der Waals surface area contributed by atoms with Crippen LogP contribution in [0, 0.1) is 0 Å². The fourth-order valence-corrected chi connectivity index (χ4v) is 3.35. The molecule has 2 aromatic rings. The second-order valence-corrected chi connectivity index (χ2v) is 7.98. The zero-order valence-corrected chi connectivity index (χ0v) is 16.0. The van der Waals surface area contributed by atoms with Gasteiger partial charge in [-0.2, -0.15) is 0 Å². The zero-order chi connectivity index (χ0) is 19.6. The molecule has 3 rings (SSSR count). The summed E-state index contributed by atoms with van der Waals surface area (Å²) < 4.78 is 34.0. The Bertz CT molecular complexity index is 941. The van der Waals surface area contributed by atoms with Crippen LogP contribution < -0.4 is 14.6 Å². The average Bonchev–Trinajstić information content (AvgIpc) is 2.90. The van der Waals surface area contributed by atoms with Crippen molar-refractivity contribution >= 4 is 15.9 Å². The third-order valence-corrected chi connectivity index (χ3v) is 5.52. The van der Waals surface area contributed by atoms with Crippen molar-refractivity contribution in [3.63, 3.8) is 0 Å². The van der Waals surface area contributed by atoms with Gasteiger partial charge < -0.3 is 14.4 Å². The van der Waals surface area contributed by atoms with Crippen LogP contribution in [0.3, 0.4) is 0 Å². The molecular formula is C19H22N2O5S. The monoisotopic (exact) mass is 390 g/mol. The maximum atomic E-state index is 12.9. The molecule has 0 aromatic heterocycles. The van der Waals surface area contributed by atoms with E-state index < -0.39 is 10.0 Å². The standard InChI is InChI=1S/C19H22N2O5S/c1-13(14-4-7-16(8-5-14)27(20,23)24)21(2)19(22)15-6-9-17-18(12-15)26-11-3-10-25-17/h4-9,12-13H,3,10-11H2,1-2H3,(H2,20,23,24)/t13-/m0/s1. The number of nitrogens with two attached hydrogens (primary N) is 1. The molecule has 144 valence electrons. The van der Waals surface area contributed by atoms with Gasteiger partial charge in [0.15, 0.2) is 11.5 Å². The van der Waals surface area contributed by atoms with Gasteiger partial charge in [-0.25, -0.2) is 13.6 Å². The SMILES string of the molecule is C[C@@H](c1ccc(S(N)(=O)=O)cc1)N(C)C(=O)c1ccc2c(c1)OCCCO2. The lowest BCUT2D eigenvalue weighted by Crippen LogP contribution is -2.29. The van der Waals surface area contributed by atoms with Gasteiger partial charge in [0.05, 0.1) is 24.2 Å². The van der Waals surface area contributed by atoms with Crippen molar-refractivity contribution < 1.29 is 22.7 Å². The molecule has 2 aromatic carbocycles. The molecule has 1 heterocycles. The van der Waals surface area contributed by atoms with Crippen LogP contribution in [0.1, 0.15) is 35.3 Å². The number of fused-ring (bicyclic) bond motifs is 1. The number of primary sulfonamides is 1. The van der Waals surface area contributed by atoms with E-state index in [-0.39, 0.29) is 16.8 Å². The fraction of sp³-hybridized carbons (Fsp3) is 0.316. The van der Waals surface area contributed by atoms with Gasteiger partial charge in [-0.05, 0) is 42.8 Å². The van der Waals surface area contributed by atoms with Crippen LogP contribution in [0.4, 0.5) is 0 Å². The number of hydrogen-bond donors (Lipinski definition) is 1. The highest BCUT2D eigenvalue weighted by molar-refractivity contribution is 7.89. The van der Waals surface area contributed by atoms with Gasteiger partial charge in [-0.3, -0.25) is 4.79 Å². The smallest absolute Gasteiger partial charge is 0.254 e. The minimum absolute atomic E-state index is 0.0373. The quantitative estimate of drug-likeness (QED) is 0.864. The lowest BCUT2D eigenvalue weighted by atomic mass is 10.1. The van der Waals surface area contributed by atoms with Crippen molar-refractivity contribution in [1.82, 2.24) is 4.90 Å². The van der Waals surface area contributed by atoms with E-state index in [9.17, 15) is 13.2 Å². The van der Waals surface area contributed by atoms with Gasteiger partial charge in [-0.15, -0.1) is 0 Å². The van der Waals surface area contributed by atoms with Crippen molar-refractivity contribution in [2.75, 3.05) is 20.3 Å². The summed E-state index contributed by atoms with van der Waals surface area (Å²) in [7, 11) is -2.04. The molecule has 2 N–H and O–H groups in total. The van der Waals surface area contributed by atoms with Gasteiger partial charge >= 0.3 is 0 Å². The minimum Gasteiger partial charge on any atom is -0.490 e. The van der Waals surface area contributed by atoms with E-state index in [2.05, 4.69) is 0 Å². The van der Waals surface area contributed by atoms with Gasteiger partial charge in [0, 0.05) is 19.0 Å². The zero-order valence-electron chi connectivity index (χ0n) is 15.2. The normalized spacial score (nSPS) is 14.9. The highest BCUT2D eigenvalue weighted by atomic mass is 32.2. The Morgan fingerprint density at radius 1 is 1.07 bits per heavy atom. The summed E-state index contributed by atoms with van der Waals surface area (Å²) >= 11 is 0. The van der Waals surface area contributed by atoms with E-state index in [1.165, 1.54) is 12.1 Å². The molecule has 8 heteroatoms. The van der Waals surface area contributed by atoms with Crippen LogP contribution in [0.5, 0.6) is 11.5 Å². The Hall–Kier alpha value is -2.58. The number of nitrogens with zero attached hydrogens (tertiary/aromatic N) is 1. The Balaban J connectivity index is 1.79. The summed E-state index contributed by atoms with van der Waals surface area (Å²) in [5, 5.41) is 5.12. The molecule has 0 fully saturated rings. The molecule has 27 heavy (non-hydrogen) atoms. The van der Waals surface area contributed by atoms with Crippen molar-refractivity contribution in [3.8, 4) is 11.5 Å². The van der Waals surface area contributed by atoms with Crippen LogP contribution in [0.25, 0.3) is 0 Å². The first-order valence-electron chi connectivity index (χ1n) is 8.57. The predicted molar refractivity (Wildman–Crippen MR) is 100 cm³/mol. The molecule has 7 nitrogen and oxygen atoms in total.